The normalized spacial score (nSPS) is 22.0. The number of anilines is 2. The largest absolute Gasteiger partial charge is 0.399 e. The molecule has 114 valence electrons. The summed E-state index contributed by atoms with van der Waals surface area (Å²) in [7, 11) is 1.64. The highest BCUT2D eigenvalue weighted by molar-refractivity contribution is 5.92. The average molecular weight is 290 g/mol. The number of carbonyl (C=O) groups excluding carboxylic acids is 2. The molecular weight excluding hydrogens is 268 g/mol. The van der Waals surface area contributed by atoms with E-state index >= 15 is 0 Å². The van der Waals surface area contributed by atoms with E-state index < -0.39 is 5.41 Å². The number of rotatable bonds is 4. The summed E-state index contributed by atoms with van der Waals surface area (Å²) >= 11 is 0. The highest BCUT2D eigenvalue weighted by Crippen LogP contribution is 2.29. The van der Waals surface area contributed by atoms with Gasteiger partial charge in [0.15, 0.2) is 0 Å². The number of hydrogen-bond acceptors (Lipinski definition) is 4. The van der Waals surface area contributed by atoms with Crippen LogP contribution < -0.4 is 16.4 Å². The Balaban J connectivity index is 1.88. The lowest BCUT2D eigenvalue weighted by atomic mass is 9.89. The zero-order valence-corrected chi connectivity index (χ0v) is 12.5. The van der Waals surface area contributed by atoms with Crippen LogP contribution in [0.1, 0.15) is 13.3 Å². The first-order valence-corrected chi connectivity index (χ1v) is 7.03. The average Bonchev–Trinajstić information content (AvgIpc) is 2.80. The van der Waals surface area contributed by atoms with Gasteiger partial charge in [-0.15, -0.1) is 0 Å². The zero-order chi connectivity index (χ0) is 15.5. The number of benzene rings is 1. The first kappa shape index (κ1) is 15.3. The van der Waals surface area contributed by atoms with Crippen molar-refractivity contribution in [3.63, 3.8) is 0 Å². The first-order chi connectivity index (χ1) is 9.93. The van der Waals surface area contributed by atoms with E-state index in [4.69, 9.17) is 5.73 Å². The predicted octanol–water partition coefficient (Wildman–Crippen LogP) is 0.665. The predicted molar refractivity (Wildman–Crippen MR) is 82.7 cm³/mol. The Hall–Kier alpha value is -2.08. The molecule has 1 heterocycles. The summed E-state index contributed by atoms with van der Waals surface area (Å²) < 4.78 is 0. The smallest absolute Gasteiger partial charge is 0.238 e. The van der Waals surface area contributed by atoms with Gasteiger partial charge in [-0.2, -0.15) is 0 Å². The molecule has 1 aliphatic heterocycles. The molecule has 1 saturated heterocycles. The van der Waals surface area contributed by atoms with Crippen molar-refractivity contribution >= 4 is 23.2 Å². The summed E-state index contributed by atoms with van der Waals surface area (Å²) in [6, 6.07) is 7.08. The van der Waals surface area contributed by atoms with Crippen LogP contribution in [-0.4, -0.2) is 43.4 Å². The van der Waals surface area contributed by atoms with E-state index in [0.717, 1.165) is 13.0 Å². The molecule has 4 N–H and O–H groups in total. The number of nitrogens with zero attached hydrogens (tertiary/aromatic N) is 1. The maximum absolute atomic E-state index is 12.0. The fraction of sp³-hybridized carbons (Fsp3) is 0.467. The molecule has 1 aliphatic rings. The Morgan fingerprint density at radius 1 is 1.43 bits per heavy atom. The number of nitrogens with one attached hydrogen (secondary N) is 2. The molecule has 0 bridgehead atoms. The third kappa shape index (κ3) is 3.72. The van der Waals surface area contributed by atoms with Gasteiger partial charge in [0.25, 0.3) is 0 Å². The fourth-order valence-electron chi connectivity index (χ4n) is 2.70. The summed E-state index contributed by atoms with van der Waals surface area (Å²) in [6.07, 6.45) is 0.762. The number of amides is 2. The van der Waals surface area contributed by atoms with Gasteiger partial charge in [0, 0.05) is 25.0 Å². The van der Waals surface area contributed by atoms with Gasteiger partial charge in [0.1, 0.15) is 0 Å². The lowest BCUT2D eigenvalue weighted by Gasteiger charge is -2.22. The quantitative estimate of drug-likeness (QED) is 0.711. The van der Waals surface area contributed by atoms with Crippen LogP contribution >= 0.6 is 0 Å². The van der Waals surface area contributed by atoms with Crippen molar-refractivity contribution < 1.29 is 9.59 Å². The van der Waals surface area contributed by atoms with E-state index in [-0.39, 0.29) is 18.4 Å². The van der Waals surface area contributed by atoms with Crippen LogP contribution in [-0.2, 0) is 9.59 Å². The molecule has 21 heavy (non-hydrogen) atoms. The fourth-order valence-corrected chi connectivity index (χ4v) is 2.70. The Bertz CT molecular complexity index is 546. The van der Waals surface area contributed by atoms with Crippen LogP contribution in [0.5, 0.6) is 0 Å². The number of nitrogens with two attached hydrogens (primary N) is 1. The molecule has 0 aromatic heterocycles. The third-order valence-electron chi connectivity index (χ3n) is 3.87. The van der Waals surface area contributed by atoms with Gasteiger partial charge < -0.3 is 16.4 Å². The van der Waals surface area contributed by atoms with Crippen molar-refractivity contribution in [2.24, 2.45) is 5.41 Å². The number of nitrogen functional groups attached to an aromatic ring is 1. The second-order valence-electron chi connectivity index (χ2n) is 5.77. The third-order valence-corrected chi connectivity index (χ3v) is 3.87. The minimum absolute atomic E-state index is 0.0289. The standard InChI is InChI=1S/C15H22N4O2/c1-15(14(21)17-2)6-7-19(10-15)9-13(20)18-12-5-3-4-11(16)8-12/h3-5,8H,6-7,9-10,16H2,1-2H3,(H,17,21)(H,18,20). The summed E-state index contributed by atoms with van der Waals surface area (Å²) in [6.45, 7) is 3.55. The van der Waals surface area contributed by atoms with Crippen LogP contribution in [0.4, 0.5) is 11.4 Å². The number of hydrogen-bond donors (Lipinski definition) is 3. The minimum Gasteiger partial charge on any atom is -0.399 e. The summed E-state index contributed by atoms with van der Waals surface area (Å²) in [4.78, 5) is 25.9. The Morgan fingerprint density at radius 2 is 2.19 bits per heavy atom. The van der Waals surface area contributed by atoms with Gasteiger partial charge in [-0.3, -0.25) is 14.5 Å². The maximum Gasteiger partial charge on any atom is 0.238 e. The Kier molecular flexibility index (Phi) is 4.47. The molecule has 0 saturated carbocycles. The Morgan fingerprint density at radius 3 is 2.86 bits per heavy atom. The highest BCUT2D eigenvalue weighted by Gasteiger charge is 2.40. The molecule has 1 aromatic carbocycles. The van der Waals surface area contributed by atoms with Crippen LogP contribution in [0, 0.1) is 5.41 Å². The van der Waals surface area contributed by atoms with E-state index in [1.807, 2.05) is 11.8 Å². The number of likely N-dealkylation sites (tertiary alicyclic amines) is 1. The van der Waals surface area contributed by atoms with Gasteiger partial charge in [0.2, 0.25) is 11.8 Å². The van der Waals surface area contributed by atoms with Crippen LogP contribution in [0.25, 0.3) is 0 Å². The molecule has 2 amide bonds. The molecule has 1 aromatic rings. The summed E-state index contributed by atoms with van der Waals surface area (Å²) in [5.74, 6) is -0.0667. The van der Waals surface area contributed by atoms with Crippen molar-refractivity contribution in [1.29, 1.82) is 0 Å². The van der Waals surface area contributed by atoms with Gasteiger partial charge >= 0.3 is 0 Å². The molecular formula is C15H22N4O2. The van der Waals surface area contributed by atoms with E-state index in [0.29, 0.717) is 17.9 Å². The van der Waals surface area contributed by atoms with Gasteiger partial charge in [-0.05, 0) is 38.1 Å². The Labute approximate surface area is 124 Å². The molecule has 2 rings (SSSR count). The lowest BCUT2D eigenvalue weighted by Crippen LogP contribution is -2.40. The van der Waals surface area contributed by atoms with Gasteiger partial charge in [-0.25, -0.2) is 0 Å². The molecule has 0 aliphatic carbocycles. The lowest BCUT2D eigenvalue weighted by molar-refractivity contribution is -0.129. The second kappa shape index (κ2) is 6.13. The molecule has 6 heteroatoms. The molecule has 6 nitrogen and oxygen atoms in total. The van der Waals surface area contributed by atoms with Crippen LogP contribution in [0.2, 0.25) is 0 Å². The molecule has 1 atom stereocenters. The monoisotopic (exact) mass is 290 g/mol. The minimum atomic E-state index is -0.411. The van der Waals surface area contributed by atoms with Crippen molar-refractivity contribution in [3.05, 3.63) is 24.3 Å². The van der Waals surface area contributed by atoms with Crippen molar-refractivity contribution in [2.75, 3.05) is 37.7 Å². The summed E-state index contributed by atoms with van der Waals surface area (Å²) in [5, 5.41) is 5.51. The first-order valence-electron chi connectivity index (χ1n) is 7.03. The SMILES string of the molecule is CNC(=O)C1(C)CCN(CC(=O)Nc2cccc(N)c2)C1. The highest BCUT2D eigenvalue weighted by atomic mass is 16.2. The van der Waals surface area contributed by atoms with E-state index in [2.05, 4.69) is 10.6 Å². The van der Waals surface area contributed by atoms with Gasteiger partial charge in [0.05, 0.1) is 12.0 Å². The number of carbonyl (C=O) groups is 2. The van der Waals surface area contributed by atoms with Crippen molar-refractivity contribution in [2.45, 2.75) is 13.3 Å². The van der Waals surface area contributed by atoms with Gasteiger partial charge in [-0.1, -0.05) is 6.07 Å². The van der Waals surface area contributed by atoms with Crippen molar-refractivity contribution in [1.82, 2.24) is 10.2 Å². The van der Waals surface area contributed by atoms with E-state index in [1.165, 1.54) is 0 Å². The van der Waals surface area contributed by atoms with Crippen molar-refractivity contribution in [3.8, 4) is 0 Å². The second-order valence-corrected chi connectivity index (χ2v) is 5.77. The molecule has 1 fully saturated rings. The van der Waals surface area contributed by atoms with E-state index in [9.17, 15) is 9.59 Å². The molecule has 0 radical (unpaired) electrons. The summed E-state index contributed by atoms with van der Waals surface area (Å²) in [5.41, 5.74) is 6.57. The van der Waals surface area contributed by atoms with E-state index in [1.54, 1.807) is 31.3 Å². The van der Waals surface area contributed by atoms with Crippen LogP contribution in [0.15, 0.2) is 24.3 Å². The maximum atomic E-state index is 12.0. The zero-order valence-electron chi connectivity index (χ0n) is 12.5. The molecule has 0 spiro atoms. The topological polar surface area (TPSA) is 87.5 Å². The molecule has 1 unspecified atom stereocenters. The van der Waals surface area contributed by atoms with Crippen LogP contribution in [0.3, 0.4) is 0 Å².